The molecule has 1 fully saturated rings. The van der Waals surface area contributed by atoms with Crippen molar-refractivity contribution in [2.75, 3.05) is 18.3 Å². The number of benzene rings is 2. The van der Waals surface area contributed by atoms with Gasteiger partial charge in [0.15, 0.2) is 11.9 Å². The lowest BCUT2D eigenvalue weighted by atomic mass is 9.92. The Morgan fingerprint density at radius 1 is 1.12 bits per heavy atom. The van der Waals surface area contributed by atoms with Crippen LogP contribution in [0.15, 0.2) is 51.9 Å². The zero-order chi connectivity index (χ0) is 35.6. The fourth-order valence-electron chi connectivity index (χ4n) is 6.74. The maximum absolute atomic E-state index is 13.8. The van der Waals surface area contributed by atoms with E-state index >= 15 is 0 Å². The Hall–Kier alpha value is -4.03. The van der Waals surface area contributed by atoms with Crippen LogP contribution in [-0.2, 0) is 37.5 Å². The number of hydrogen-bond donors (Lipinski definition) is 2. The van der Waals surface area contributed by atoms with Gasteiger partial charge in [-0.2, -0.15) is 0 Å². The van der Waals surface area contributed by atoms with Gasteiger partial charge in [-0.3, -0.25) is 14.3 Å². The van der Waals surface area contributed by atoms with Gasteiger partial charge in [0.1, 0.15) is 12.3 Å². The number of primary amides is 1. The number of aromatic nitrogens is 1. The van der Waals surface area contributed by atoms with Crippen molar-refractivity contribution in [3.8, 4) is 11.1 Å². The van der Waals surface area contributed by atoms with E-state index in [0.717, 1.165) is 17.5 Å². The molecule has 1 aliphatic heterocycles. The molecule has 2 heterocycles. The molecule has 260 valence electrons. The highest BCUT2D eigenvalue weighted by molar-refractivity contribution is 7.92. The maximum Gasteiger partial charge on any atom is 0.314 e. The molecule has 0 aliphatic carbocycles. The highest BCUT2D eigenvalue weighted by Gasteiger charge is 2.45. The lowest BCUT2D eigenvalue weighted by molar-refractivity contribution is -0.868. The monoisotopic (exact) mass is 680 g/mol. The number of nitrogens with two attached hydrogens (primary N) is 1. The van der Waals surface area contributed by atoms with Crippen molar-refractivity contribution in [1.82, 2.24) is 10.1 Å². The van der Waals surface area contributed by atoms with Crippen molar-refractivity contribution < 1.29 is 31.8 Å². The van der Waals surface area contributed by atoms with Crippen molar-refractivity contribution in [3.63, 3.8) is 0 Å². The fourth-order valence-corrected chi connectivity index (χ4v) is 8.02. The molecule has 3 aromatic rings. The number of anilines is 1. The topological polar surface area (TPSA) is 153 Å². The number of unbranched alkanes of at least 4 members (excludes halogenated alkanes) is 1. The van der Waals surface area contributed by atoms with Gasteiger partial charge >= 0.3 is 5.91 Å². The van der Waals surface area contributed by atoms with Crippen molar-refractivity contribution in [2.45, 2.75) is 98.2 Å². The average Bonchev–Trinajstić information content (AvgIpc) is 3.46. The number of sulfonamides is 1. The Labute approximate surface area is 284 Å². The summed E-state index contributed by atoms with van der Waals surface area (Å²) in [6.45, 7) is 14.1. The molecule has 3 amide bonds. The third-order valence-electron chi connectivity index (χ3n) is 9.62. The van der Waals surface area contributed by atoms with Crippen LogP contribution in [0.1, 0.15) is 82.8 Å². The van der Waals surface area contributed by atoms with Gasteiger partial charge in [0.05, 0.1) is 18.4 Å². The van der Waals surface area contributed by atoms with Gasteiger partial charge in [-0.1, -0.05) is 76.5 Å². The van der Waals surface area contributed by atoms with Crippen LogP contribution in [0.2, 0.25) is 0 Å². The molecule has 1 saturated heterocycles. The molecular weight excluding hydrogens is 630 g/mol. The molecule has 1 aliphatic rings. The third-order valence-corrected chi connectivity index (χ3v) is 11.0. The fraction of sp³-hybridized carbons (Fsp3) is 0.500. The quantitative estimate of drug-likeness (QED) is 0.208. The summed E-state index contributed by atoms with van der Waals surface area (Å²) < 4.78 is 35.2. The number of amides is 3. The van der Waals surface area contributed by atoms with Gasteiger partial charge in [0.2, 0.25) is 5.91 Å². The van der Waals surface area contributed by atoms with Gasteiger partial charge in [0.25, 0.3) is 15.9 Å². The number of carbonyl (C=O) groups is 3. The maximum atomic E-state index is 13.8. The predicted octanol–water partition coefficient (Wildman–Crippen LogP) is 5.69. The van der Waals surface area contributed by atoms with Crippen LogP contribution >= 0.6 is 0 Å². The van der Waals surface area contributed by atoms with Crippen LogP contribution in [0.25, 0.3) is 11.1 Å². The number of carbonyl (C=O) groups excluding carboxylic acids is 3. The van der Waals surface area contributed by atoms with Gasteiger partial charge < -0.3 is 15.2 Å². The minimum atomic E-state index is -4.12. The largest absolute Gasteiger partial charge is 0.364 e. The molecule has 4 rings (SSSR count). The van der Waals surface area contributed by atoms with E-state index < -0.39 is 27.4 Å². The zero-order valence-corrected chi connectivity index (χ0v) is 30.2. The lowest BCUT2D eigenvalue weighted by Gasteiger charge is -2.39. The van der Waals surface area contributed by atoms with Gasteiger partial charge in [-0.25, -0.2) is 17.7 Å². The van der Waals surface area contributed by atoms with E-state index in [1.54, 1.807) is 44.0 Å². The van der Waals surface area contributed by atoms with E-state index in [2.05, 4.69) is 9.88 Å². The van der Waals surface area contributed by atoms with Crippen LogP contribution in [0.4, 0.5) is 5.82 Å². The Morgan fingerprint density at radius 3 is 2.38 bits per heavy atom. The first kappa shape index (κ1) is 36.8. The molecule has 0 bridgehead atoms. The number of rotatable bonds is 14. The number of nitrogens with zero attached hydrogens (tertiary/aromatic N) is 3. The third kappa shape index (κ3) is 7.49. The van der Waals surface area contributed by atoms with Gasteiger partial charge in [0, 0.05) is 41.1 Å². The van der Waals surface area contributed by atoms with Crippen LogP contribution < -0.4 is 10.5 Å². The number of aryl methyl sites for hydroxylation is 1. The number of likely N-dealkylation sites (N-methyl/N-ethyl adjacent to an activating group) is 1. The van der Waals surface area contributed by atoms with E-state index in [0.29, 0.717) is 48.3 Å². The summed E-state index contributed by atoms with van der Waals surface area (Å²) in [6.07, 6.45) is 2.54. The molecule has 0 saturated carbocycles. The number of quaternary nitrogens is 1. The zero-order valence-electron chi connectivity index (χ0n) is 29.4. The van der Waals surface area contributed by atoms with Crippen molar-refractivity contribution in [2.24, 2.45) is 17.1 Å². The minimum absolute atomic E-state index is 0.0160. The van der Waals surface area contributed by atoms with E-state index in [-0.39, 0.29) is 46.0 Å². The smallest absolute Gasteiger partial charge is 0.314 e. The first-order chi connectivity index (χ1) is 22.4. The molecule has 0 radical (unpaired) electrons. The molecule has 0 spiro atoms. The van der Waals surface area contributed by atoms with Gasteiger partial charge in [-0.15, -0.1) is 0 Å². The SMILES string of the molecule is CCCCC(=O)[N+](C)(Cc1ccc(-c2ccccc2S(=O)(=O)Nc2noc(C)c2C)c(CN2CCC(C)(C)C2=O)c1)[C@H](C(N)=O)C(C)C. The highest BCUT2D eigenvalue weighted by atomic mass is 32.2. The Balaban J connectivity index is 1.85. The van der Waals surface area contributed by atoms with Crippen LogP contribution in [0, 0.1) is 25.2 Å². The van der Waals surface area contributed by atoms with Crippen molar-refractivity contribution in [1.29, 1.82) is 0 Å². The second kappa shape index (κ2) is 14.2. The normalized spacial score (nSPS) is 16.6. The molecule has 12 heteroatoms. The lowest BCUT2D eigenvalue weighted by Crippen LogP contribution is -2.62. The minimum Gasteiger partial charge on any atom is -0.364 e. The Bertz CT molecular complexity index is 1800. The second-order valence-electron chi connectivity index (χ2n) is 14.2. The molecule has 2 aromatic carbocycles. The number of hydrogen-bond acceptors (Lipinski definition) is 7. The molecule has 11 nitrogen and oxygen atoms in total. The number of likely N-dealkylation sites (tertiary alicyclic amines) is 1. The predicted molar refractivity (Wildman–Crippen MR) is 185 cm³/mol. The summed E-state index contributed by atoms with van der Waals surface area (Å²) in [5.74, 6) is -0.167. The van der Waals surface area contributed by atoms with E-state index in [4.69, 9.17) is 10.3 Å². The molecule has 48 heavy (non-hydrogen) atoms. The van der Waals surface area contributed by atoms with Crippen LogP contribution in [0.5, 0.6) is 0 Å². The summed E-state index contributed by atoms with van der Waals surface area (Å²) in [6, 6.07) is 11.6. The summed E-state index contributed by atoms with van der Waals surface area (Å²) in [5.41, 5.74) is 8.57. The van der Waals surface area contributed by atoms with Crippen LogP contribution in [-0.4, -0.2) is 60.3 Å². The summed E-state index contributed by atoms with van der Waals surface area (Å²) in [5, 5.41) is 3.88. The van der Waals surface area contributed by atoms with E-state index in [1.165, 1.54) is 6.07 Å². The summed E-state index contributed by atoms with van der Waals surface area (Å²) >= 11 is 0. The number of nitrogens with one attached hydrogen (secondary N) is 1. The van der Waals surface area contributed by atoms with Crippen LogP contribution in [0.3, 0.4) is 0 Å². The Morgan fingerprint density at radius 2 is 1.81 bits per heavy atom. The molecule has 2 atom stereocenters. The molecule has 1 aromatic heterocycles. The first-order valence-corrected chi connectivity index (χ1v) is 18.1. The molecule has 1 unspecified atom stereocenters. The Kier molecular flexibility index (Phi) is 10.9. The summed E-state index contributed by atoms with van der Waals surface area (Å²) in [7, 11) is -2.34. The van der Waals surface area contributed by atoms with E-state index in [1.807, 2.05) is 52.8 Å². The molecular formula is C36H50N5O6S+. The summed E-state index contributed by atoms with van der Waals surface area (Å²) in [4.78, 5) is 41.8. The highest BCUT2D eigenvalue weighted by Crippen LogP contribution is 2.37. The van der Waals surface area contributed by atoms with Gasteiger partial charge in [-0.05, 0) is 49.9 Å². The van der Waals surface area contributed by atoms with Crippen molar-refractivity contribution in [3.05, 3.63) is 64.9 Å². The first-order valence-electron chi connectivity index (χ1n) is 16.6. The second-order valence-corrected chi connectivity index (χ2v) is 15.8. The average molecular weight is 681 g/mol. The standard InChI is InChI=1S/C36H49N5O6S/c1-9-10-15-31(42)41(8,32(23(2)3)33(37)43)22-26-16-17-28(27(20-26)21-40-19-18-36(6,7)35(40)44)29-13-11-12-14-30(29)48(45,46)39-34-24(4)25(5)47-38-34/h11-14,16-17,20,23,32H,9-10,15,18-19,21-22H2,1-8H3,(H2-,37,38,39,43)/p+1/t32-,41?/m0/s1. The molecule has 3 N–H and O–H groups in total. The van der Waals surface area contributed by atoms with Crippen molar-refractivity contribution >= 4 is 33.6 Å². The van der Waals surface area contributed by atoms with E-state index in [9.17, 15) is 22.8 Å².